The molecule has 4 nitrogen and oxygen atoms in total. The fourth-order valence-corrected chi connectivity index (χ4v) is 2.19. The number of nitrogens with two attached hydrogens (primary N) is 1. The van der Waals surface area contributed by atoms with E-state index in [1.807, 2.05) is 43.3 Å². The lowest BCUT2D eigenvalue weighted by atomic mass is 10.0. The number of rotatable bonds is 2. The standard InChI is InChI=1S/C15H14N4/c1-10-18-13-5-3-2-4-12(13)15(19-10)14(16)11-6-8-17-9-7-11/h2-9,14H,16H2,1H3. The third kappa shape index (κ3) is 2.18. The molecule has 94 valence electrons. The van der Waals surface area contributed by atoms with Gasteiger partial charge in [-0.05, 0) is 30.7 Å². The monoisotopic (exact) mass is 250 g/mol. The minimum absolute atomic E-state index is 0.269. The third-order valence-corrected chi connectivity index (χ3v) is 3.10. The highest BCUT2D eigenvalue weighted by molar-refractivity contribution is 5.81. The Morgan fingerprint density at radius 3 is 2.53 bits per heavy atom. The molecule has 0 radical (unpaired) electrons. The number of pyridine rings is 1. The van der Waals surface area contributed by atoms with E-state index >= 15 is 0 Å². The Morgan fingerprint density at radius 2 is 1.74 bits per heavy atom. The summed E-state index contributed by atoms with van der Waals surface area (Å²) in [5, 5.41) is 0.998. The topological polar surface area (TPSA) is 64.7 Å². The van der Waals surface area contributed by atoms with Crippen LogP contribution in [0, 0.1) is 6.92 Å². The molecule has 3 aromatic rings. The molecule has 0 aliphatic rings. The van der Waals surface area contributed by atoms with Crippen molar-refractivity contribution in [2.24, 2.45) is 5.73 Å². The normalized spacial score (nSPS) is 12.5. The summed E-state index contributed by atoms with van der Waals surface area (Å²) in [6.45, 7) is 1.88. The van der Waals surface area contributed by atoms with Crippen LogP contribution in [0.3, 0.4) is 0 Å². The molecular formula is C15H14N4. The smallest absolute Gasteiger partial charge is 0.126 e. The highest BCUT2D eigenvalue weighted by atomic mass is 14.9. The summed E-state index contributed by atoms with van der Waals surface area (Å²) in [5.41, 5.74) is 9.11. The summed E-state index contributed by atoms with van der Waals surface area (Å²) in [7, 11) is 0. The molecule has 0 aliphatic heterocycles. The van der Waals surface area contributed by atoms with Crippen LogP contribution in [0.25, 0.3) is 10.9 Å². The second-order valence-electron chi connectivity index (χ2n) is 4.43. The van der Waals surface area contributed by atoms with Crippen molar-refractivity contribution in [1.29, 1.82) is 0 Å². The average Bonchev–Trinajstić information content (AvgIpc) is 2.46. The quantitative estimate of drug-likeness (QED) is 0.758. The van der Waals surface area contributed by atoms with Gasteiger partial charge in [-0.1, -0.05) is 18.2 Å². The number of benzene rings is 1. The zero-order valence-electron chi connectivity index (χ0n) is 10.6. The van der Waals surface area contributed by atoms with Crippen molar-refractivity contribution in [3.05, 3.63) is 65.9 Å². The first-order chi connectivity index (χ1) is 9.25. The van der Waals surface area contributed by atoms with Crippen LogP contribution < -0.4 is 5.73 Å². The van der Waals surface area contributed by atoms with Crippen molar-refractivity contribution in [3.8, 4) is 0 Å². The first-order valence-electron chi connectivity index (χ1n) is 6.14. The van der Waals surface area contributed by atoms with Gasteiger partial charge in [0.05, 0.1) is 17.3 Å². The van der Waals surface area contributed by atoms with E-state index in [-0.39, 0.29) is 6.04 Å². The lowest BCUT2D eigenvalue weighted by molar-refractivity contribution is 0.821. The largest absolute Gasteiger partial charge is 0.319 e. The van der Waals surface area contributed by atoms with Gasteiger partial charge in [0.25, 0.3) is 0 Å². The first-order valence-corrected chi connectivity index (χ1v) is 6.14. The van der Waals surface area contributed by atoms with Gasteiger partial charge in [0.15, 0.2) is 0 Å². The van der Waals surface area contributed by atoms with Crippen molar-refractivity contribution < 1.29 is 0 Å². The summed E-state index contributed by atoms with van der Waals surface area (Å²) in [5.74, 6) is 0.734. The molecule has 1 atom stereocenters. The number of aromatic nitrogens is 3. The summed E-state index contributed by atoms with van der Waals surface area (Å²) in [4.78, 5) is 13.0. The highest BCUT2D eigenvalue weighted by Crippen LogP contribution is 2.24. The molecule has 0 saturated heterocycles. The van der Waals surface area contributed by atoms with Crippen LogP contribution in [0.5, 0.6) is 0 Å². The van der Waals surface area contributed by atoms with Crippen molar-refractivity contribution in [3.63, 3.8) is 0 Å². The first kappa shape index (κ1) is 11.7. The van der Waals surface area contributed by atoms with Gasteiger partial charge in [-0.3, -0.25) is 4.98 Å². The maximum absolute atomic E-state index is 6.33. The van der Waals surface area contributed by atoms with Gasteiger partial charge in [-0.25, -0.2) is 9.97 Å². The predicted molar refractivity (Wildman–Crippen MR) is 74.5 cm³/mol. The molecule has 4 heteroatoms. The van der Waals surface area contributed by atoms with Crippen LogP contribution in [-0.4, -0.2) is 15.0 Å². The Hall–Kier alpha value is -2.33. The van der Waals surface area contributed by atoms with E-state index in [9.17, 15) is 0 Å². The van der Waals surface area contributed by atoms with Crippen LogP contribution in [0.15, 0.2) is 48.8 Å². The van der Waals surface area contributed by atoms with Gasteiger partial charge in [0.2, 0.25) is 0 Å². The van der Waals surface area contributed by atoms with Gasteiger partial charge in [0, 0.05) is 17.8 Å². The van der Waals surface area contributed by atoms with E-state index in [0.29, 0.717) is 0 Å². The molecule has 1 unspecified atom stereocenters. The van der Waals surface area contributed by atoms with E-state index in [4.69, 9.17) is 5.73 Å². The van der Waals surface area contributed by atoms with Crippen molar-refractivity contribution in [2.45, 2.75) is 13.0 Å². The maximum Gasteiger partial charge on any atom is 0.126 e. The van der Waals surface area contributed by atoms with E-state index in [2.05, 4.69) is 15.0 Å². The maximum atomic E-state index is 6.33. The molecule has 1 aromatic carbocycles. The van der Waals surface area contributed by atoms with Gasteiger partial charge in [-0.15, -0.1) is 0 Å². The molecule has 0 saturated carbocycles. The fourth-order valence-electron chi connectivity index (χ4n) is 2.19. The van der Waals surface area contributed by atoms with E-state index in [1.54, 1.807) is 12.4 Å². The minimum atomic E-state index is -0.269. The molecule has 2 N–H and O–H groups in total. The highest BCUT2D eigenvalue weighted by Gasteiger charge is 2.14. The Kier molecular flexibility index (Phi) is 2.93. The zero-order valence-corrected chi connectivity index (χ0v) is 10.6. The van der Waals surface area contributed by atoms with Crippen molar-refractivity contribution in [2.75, 3.05) is 0 Å². The molecule has 0 spiro atoms. The average molecular weight is 250 g/mol. The molecular weight excluding hydrogens is 236 g/mol. The van der Waals surface area contributed by atoms with E-state index in [0.717, 1.165) is 28.0 Å². The van der Waals surface area contributed by atoms with Gasteiger partial charge >= 0.3 is 0 Å². The number of hydrogen-bond acceptors (Lipinski definition) is 4. The molecule has 0 fully saturated rings. The summed E-state index contributed by atoms with van der Waals surface area (Å²) < 4.78 is 0. The molecule has 0 aliphatic carbocycles. The van der Waals surface area contributed by atoms with Gasteiger partial charge < -0.3 is 5.73 Å². The number of para-hydroxylation sites is 1. The number of aryl methyl sites for hydroxylation is 1. The van der Waals surface area contributed by atoms with Gasteiger partial charge in [-0.2, -0.15) is 0 Å². The summed E-state index contributed by atoms with van der Waals surface area (Å²) >= 11 is 0. The van der Waals surface area contributed by atoms with Crippen LogP contribution in [0.4, 0.5) is 0 Å². The Balaban J connectivity index is 2.19. The molecule has 0 bridgehead atoms. The van der Waals surface area contributed by atoms with Gasteiger partial charge in [0.1, 0.15) is 5.82 Å². The van der Waals surface area contributed by atoms with Crippen molar-refractivity contribution in [1.82, 2.24) is 15.0 Å². The third-order valence-electron chi connectivity index (χ3n) is 3.10. The summed E-state index contributed by atoms with van der Waals surface area (Å²) in [6, 6.07) is 11.5. The van der Waals surface area contributed by atoms with Crippen LogP contribution >= 0.6 is 0 Å². The number of nitrogens with zero attached hydrogens (tertiary/aromatic N) is 3. The predicted octanol–water partition coefficient (Wildman–Crippen LogP) is 2.38. The van der Waals surface area contributed by atoms with E-state index in [1.165, 1.54) is 0 Å². The van der Waals surface area contributed by atoms with Crippen LogP contribution in [-0.2, 0) is 0 Å². The summed E-state index contributed by atoms with van der Waals surface area (Å²) in [6.07, 6.45) is 3.48. The minimum Gasteiger partial charge on any atom is -0.319 e. The molecule has 0 amide bonds. The molecule has 2 aromatic heterocycles. The van der Waals surface area contributed by atoms with Crippen LogP contribution in [0.2, 0.25) is 0 Å². The molecule has 19 heavy (non-hydrogen) atoms. The zero-order chi connectivity index (χ0) is 13.2. The second kappa shape index (κ2) is 4.74. The molecule has 2 heterocycles. The number of fused-ring (bicyclic) bond motifs is 1. The molecule has 3 rings (SSSR count). The Bertz CT molecular complexity index is 710. The lowest BCUT2D eigenvalue weighted by Crippen LogP contribution is -2.15. The van der Waals surface area contributed by atoms with Crippen molar-refractivity contribution >= 4 is 10.9 Å². The fraction of sp³-hybridized carbons (Fsp3) is 0.133. The van der Waals surface area contributed by atoms with E-state index < -0.39 is 0 Å². The Morgan fingerprint density at radius 1 is 1.00 bits per heavy atom. The Labute approximate surface area is 111 Å². The van der Waals surface area contributed by atoms with Crippen LogP contribution in [0.1, 0.15) is 23.1 Å². The SMILES string of the molecule is Cc1nc(C(N)c2ccncc2)c2ccccc2n1. The lowest BCUT2D eigenvalue weighted by Gasteiger charge is -2.14. The number of hydrogen-bond donors (Lipinski definition) is 1. The second-order valence-corrected chi connectivity index (χ2v) is 4.43.